The van der Waals surface area contributed by atoms with E-state index < -0.39 is 0 Å². The fourth-order valence-electron chi connectivity index (χ4n) is 3.83. The van der Waals surface area contributed by atoms with Crippen molar-refractivity contribution >= 4 is 5.91 Å². The van der Waals surface area contributed by atoms with E-state index in [-0.39, 0.29) is 11.5 Å². The Labute approximate surface area is 153 Å². The summed E-state index contributed by atoms with van der Waals surface area (Å²) in [4.78, 5) is 22.7. The predicted octanol–water partition coefficient (Wildman–Crippen LogP) is 2.11. The van der Waals surface area contributed by atoms with Gasteiger partial charge >= 0.3 is 0 Å². The number of rotatable bonds is 6. The molecule has 2 fully saturated rings. The summed E-state index contributed by atoms with van der Waals surface area (Å²) in [5, 5.41) is 0. The van der Waals surface area contributed by atoms with Gasteiger partial charge in [-0.2, -0.15) is 0 Å². The van der Waals surface area contributed by atoms with Gasteiger partial charge in [-0.1, -0.05) is 12.1 Å². The zero-order valence-corrected chi connectivity index (χ0v) is 14.7. The molecular weight excluding hydrogens is 330 g/mol. The molecule has 0 radical (unpaired) electrons. The predicted molar refractivity (Wildman–Crippen MR) is 95.7 cm³/mol. The van der Waals surface area contributed by atoms with Crippen LogP contribution in [0.1, 0.15) is 18.5 Å². The Morgan fingerprint density at radius 2 is 2.00 bits per heavy atom. The summed E-state index contributed by atoms with van der Waals surface area (Å²) in [6.07, 6.45) is 5.74. The maximum atomic E-state index is 12.4. The number of amides is 1. The third-order valence-corrected chi connectivity index (χ3v) is 5.28. The number of hydrogen-bond donors (Lipinski definition) is 0. The first-order chi connectivity index (χ1) is 12.8. The molecule has 0 aromatic carbocycles. The first-order valence-corrected chi connectivity index (χ1v) is 9.11. The number of aromatic nitrogens is 2. The molecule has 2 aromatic rings. The maximum absolute atomic E-state index is 12.4. The van der Waals surface area contributed by atoms with E-state index in [1.54, 1.807) is 12.4 Å². The Balaban J connectivity index is 1.27. The van der Waals surface area contributed by atoms with Crippen molar-refractivity contribution in [2.45, 2.75) is 24.9 Å². The normalized spacial score (nSPS) is 20.8. The van der Waals surface area contributed by atoms with E-state index in [2.05, 4.69) is 9.97 Å². The number of nitrogens with zero attached hydrogens (tertiary/aromatic N) is 3. The quantitative estimate of drug-likeness (QED) is 0.796. The average Bonchev–Trinajstić information content (AvgIpc) is 3.06. The van der Waals surface area contributed by atoms with Gasteiger partial charge in [-0.05, 0) is 37.0 Å². The van der Waals surface area contributed by atoms with Crippen LogP contribution in [0.15, 0.2) is 48.8 Å². The molecule has 4 heterocycles. The first kappa shape index (κ1) is 17.0. The lowest BCUT2D eigenvalue weighted by atomic mass is 9.79. The van der Waals surface area contributed by atoms with Crippen molar-refractivity contribution in [1.82, 2.24) is 14.9 Å². The molecule has 2 aliphatic rings. The number of pyridine rings is 2. The zero-order valence-electron chi connectivity index (χ0n) is 14.7. The topological polar surface area (TPSA) is 64.6 Å². The second-order valence-corrected chi connectivity index (χ2v) is 6.95. The maximum Gasteiger partial charge on any atom is 0.228 e. The van der Waals surface area contributed by atoms with Crippen LogP contribution in [0, 0.1) is 5.92 Å². The fourth-order valence-corrected chi connectivity index (χ4v) is 3.83. The molecule has 2 aliphatic heterocycles. The Hall–Kier alpha value is -2.47. The van der Waals surface area contributed by atoms with E-state index in [0.29, 0.717) is 37.9 Å². The van der Waals surface area contributed by atoms with Crippen LogP contribution in [0.4, 0.5) is 0 Å². The smallest absolute Gasteiger partial charge is 0.228 e. The van der Waals surface area contributed by atoms with Gasteiger partial charge in [0.25, 0.3) is 0 Å². The van der Waals surface area contributed by atoms with E-state index in [1.165, 1.54) is 0 Å². The van der Waals surface area contributed by atoms with Crippen LogP contribution in [0.2, 0.25) is 0 Å². The number of hydrogen-bond acceptors (Lipinski definition) is 5. The molecule has 0 N–H and O–H groups in total. The first-order valence-electron chi connectivity index (χ1n) is 9.11. The van der Waals surface area contributed by atoms with Crippen molar-refractivity contribution in [3.63, 3.8) is 0 Å². The SMILES string of the molecule is O=C(Cc1ccccn1)N1CC2(C1)OCCC2CCOc1ccccn1. The summed E-state index contributed by atoms with van der Waals surface area (Å²) in [5.74, 6) is 1.19. The van der Waals surface area contributed by atoms with Crippen LogP contribution in [0.5, 0.6) is 5.88 Å². The van der Waals surface area contributed by atoms with Gasteiger partial charge in [-0.15, -0.1) is 0 Å². The van der Waals surface area contributed by atoms with Crippen LogP contribution in [0.25, 0.3) is 0 Å². The Bertz CT molecular complexity index is 732. The fraction of sp³-hybridized carbons (Fsp3) is 0.450. The zero-order chi connectivity index (χ0) is 17.8. The average molecular weight is 353 g/mol. The molecule has 0 saturated carbocycles. The molecule has 0 bridgehead atoms. The van der Waals surface area contributed by atoms with Gasteiger partial charge in [0.2, 0.25) is 11.8 Å². The Morgan fingerprint density at radius 3 is 2.73 bits per heavy atom. The van der Waals surface area contributed by atoms with Gasteiger partial charge in [0.15, 0.2) is 0 Å². The summed E-state index contributed by atoms with van der Waals surface area (Å²) in [6, 6.07) is 11.3. The highest BCUT2D eigenvalue weighted by Crippen LogP contribution is 2.41. The molecule has 1 amide bonds. The number of likely N-dealkylation sites (tertiary alicyclic amines) is 1. The Morgan fingerprint density at radius 1 is 1.19 bits per heavy atom. The lowest BCUT2D eigenvalue weighted by Crippen LogP contribution is -2.66. The highest BCUT2D eigenvalue weighted by atomic mass is 16.5. The van der Waals surface area contributed by atoms with Gasteiger partial charge in [-0.25, -0.2) is 4.98 Å². The van der Waals surface area contributed by atoms with Gasteiger partial charge in [-0.3, -0.25) is 9.78 Å². The molecule has 136 valence electrons. The minimum absolute atomic E-state index is 0.119. The number of carbonyl (C=O) groups is 1. The van der Waals surface area contributed by atoms with Crippen LogP contribution >= 0.6 is 0 Å². The van der Waals surface area contributed by atoms with Crippen molar-refractivity contribution in [3.05, 3.63) is 54.5 Å². The van der Waals surface area contributed by atoms with E-state index in [1.807, 2.05) is 41.3 Å². The lowest BCUT2D eigenvalue weighted by Gasteiger charge is -2.50. The summed E-state index contributed by atoms with van der Waals surface area (Å²) < 4.78 is 11.8. The monoisotopic (exact) mass is 353 g/mol. The largest absolute Gasteiger partial charge is 0.478 e. The molecule has 4 rings (SSSR count). The third-order valence-electron chi connectivity index (χ3n) is 5.28. The summed E-state index contributed by atoms with van der Waals surface area (Å²) >= 11 is 0. The molecular formula is C20H23N3O3. The summed E-state index contributed by atoms with van der Waals surface area (Å²) in [5.41, 5.74) is 0.624. The standard InChI is InChI=1S/C20H23N3O3/c24-19(13-17-5-1-3-9-21-17)23-14-20(15-23)16(8-12-26-20)7-11-25-18-6-2-4-10-22-18/h1-6,9-10,16H,7-8,11-15H2. The molecule has 6 heteroatoms. The Kier molecular flexibility index (Phi) is 4.84. The third kappa shape index (κ3) is 3.55. The lowest BCUT2D eigenvalue weighted by molar-refractivity contribution is -0.165. The molecule has 1 unspecified atom stereocenters. The van der Waals surface area contributed by atoms with Crippen LogP contribution in [-0.2, 0) is 16.0 Å². The minimum atomic E-state index is -0.187. The second kappa shape index (κ2) is 7.41. The molecule has 1 spiro atoms. The van der Waals surface area contributed by atoms with Crippen molar-refractivity contribution < 1.29 is 14.3 Å². The van der Waals surface area contributed by atoms with E-state index in [0.717, 1.165) is 25.1 Å². The van der Waals surface area contributed by atoms with Crippen LogP contribution in [-0.4, -0.2) is 52.7 Å². The van der Waals surface area contributed by atoms with Crippen molar-refractivity contribution in [2.75, 3.05) is 26.3 Å². The van der Waals surface area contributed by atoms with Gasteiger partial charge in [0.1, 0.15) is 5.60 Å². The highest BCUT2D eigenvalue weighted by Gasteiger charge is 2.54. The molecule has 2 aromatic heterocycles. The van der Waals surface area contributed by atoms with E-state index in [4.69, 9.17) is 9.47 Å². The summed E-state index contributed by atoms with van der Waals surface area (Å²) in [6.45, 7) is 2.73. The molecule has 0 aliphatic carbocycles. The van der Waals surface area contributed by atoms with E-state index in [9.17, 15) is 4.79 Å². The van der Waals surface area contributed by atoms with Crippen LogP contribution < -0.4 is 4.74 Å². The summed E-state index contributed by atoms with van der Waals surface area (Å²) in [7, 11) is 0. The van der Waals surface area contributed by atoms with Gasteiger partial charge < -0.3 is 14.4 Å². The molecule has 1 atom stereocenters. The van der Waals surface area contributed by atoms with Crippen LogP contribution in [0.3, 0.4) is 0 Å². The van der Waals surface area contributed by atoms with Crippen molar-refractivity contribution in [2.24, 2.45) is 5.92 Å². The highest BCUT2D eigenvalue weighted by molar-refractivity contribution is 5.79. The van der Waals surface area contributed by atoms with Gasteiger partial charge in [0, 0.05) is 30.8 Å². The second-order valence-electron chi connectivity index (χ2n) is 6.95. The molecule has 6 nitrogen and oxygen atoms in total. The number of ether oxygens (including phenoxy) is 2. The van der Waals surface area contributed by atoms with Gasteiger partial charge in [0.05, 0.1) is 26.1 Å². The number of carbonyl (C=O) groups excluding carboxylic acids is 1. The molecule has 2 saturated heterocycles. The molecule has 26 heavy (non-hydrogen) atoms. The minimum Gasteiger partial charge on any atom is -0.478 e. The van der Waals surface area contributed by atoms with Crippen molar-refractivity contribution in [3.8, 4) is 5.88 Å². The van der Waals surface area contributed by atoms with E-state index >= 15 is 0 Å². The van der Waals surface area contributed by atoms with Crippen molar-refractivity contribution in [1.29, 1.82) is 0 Å².